The van der Waals surface area contributed by atoms with Gasteiger partial charge in [-0.3, -0.25) is 19.2 Å². The number of carbonyl (C=O) groups excluding carboxylic acids is 3. The quantitative estimate of drug-likeness (QED) is 0.303. The van der Waals surface area contributed by atoms with E-state index in [1.165, 1.54) is 19.2 Å². The fourth-order valence-corrected chi connectivity index (χ4v) is 5.65. The van der Waals surface area contributed by atoms with Gasteiger partial charge in [0.2, 0.25) is 5.91 Å². The molecule has 9 nitrogen and oxygen atoms in total. The van der Waals surface area contributed by atoms with Crippen molar-refractivity contribution in [1.82, 2.24) is 15.2 Å². The lowest BCUT2D eigenvalue weighted by molar-refractivity contribution is -0.148. The zero-order valence-electron chi connectivity index (χ0n) is 23.9. The third-order valence-electron chi connectivity index (χ3n) is 7.13. The van der Waals surface area contributed by atoms with E-state index in [-0.39, 0.29) is 47.9 Å². The van der Waals surface area contributed by atoms with E-state index in [0.29, 0.717) is 11.4 Å². The van der Waals surface area contributed by atoms with Crippen LogP contribution >= 0.6 is 11.3 Å². The van der Waals surface area contributed by atoms with Crippen LogP contribution in [0.5, 0.6) is 0 Å². The van der Waals surface area contributed by atoms with Crippen LogP contribution in [0.25, 0.3) is 0 Å². The smallest absolute Gasteiger partial charge is 0.306 e. The Morgan fingerprint density at radius 2 is 1.76 bits per heavy atom. The Kier molecular flexibility index (Phi) is 10.9. The van der Waals surface area contributed by atoms with Gasteiger partial charge in [0.25, 0.3) is 5.91 Å². The van der Waals surface area contributed by atoms with Gasteiger partial charge in [0, 0.05) is 49.8 Å². The van der Waals surface area contributed by atoms with Crippen LogP contribution in [0.15, 0.2) is 23.6 Å². The molecule has 1 heterocycles. The molecule has 0 spiro atoms. The summed E-state index contributed by atoms with van der Waals surface area (Å²) < 4.78 is 33.1. The third-order valence-corrected chi connectivity index (χ3v) is 8.07. The van der Waals surface area contributed by atoms with Gasteiger partial charge in [-0.05, 0) is 49.3 Å². The standard InChI is InChI=1S/C29H37F2N3O6S/c1-15(2)24(34(5)28(37)19-6-7-19)13-25(40-17(4)35)27-33-23(14-41-27)26(36)32-22(8-16(3)29(38)39)11-18-9-20(30)12-21(31)10-18/h9-10,12,14-16,19,22,24-25H,6-8,11,13H2,1-5H3,(H,32,36)(H,38,39)/t16?,22?,24?,25-/m1/s1. The van der Waals surface area contributed by atoms with Gasteiger partial charge in [0.05, 0.1) is 5.92 Å². The summed E-state index contributed by atoms with van der Waals surface area (Å²) in [6.45, 7) is 6.72. The summed E-state index contributed by atoms with van der Waals surface area (Å²) >= 11 is 1.13. The first-order chi connectivity index (χ1) is 19.2. The SMILES string of the molecule is CC(=O)O[C@H](CC(C(C)C)N(C)C(=O)C1CC1)c1nc(C(=O)NC(Cc2cc(F)cc(F)c2)CC(C)C(=O)O)cs1. The fraction of sp³-hybridized carbons (Fsp3) is 0.552. The molecule has 0 radical (unpaired) electrons. The van der Waals surface area contributed by atoms with Crippen LogP contribution in [-0.4, -0.2) is 57.9 Å². The van der Waals surface area contributed by atoms with E-state index in [1.807, 2.05) is 13.8 Å². The highest BCUT2D eigenvalue weighted by Gasteiger charge is 2.37. The van der Waals surface area contributed by atoms with Crippen LogP contribution in [-0.2, 0) is 25.5 Å². The molecule has 1 saturated carbocycles. The lowest BCUT2D eigenvalue weighted by Gasteiger charge is -2.33. The fourth-order valence-electron chi connectivity index (χ4n) is 4.81. The number of esters is 1. The lowest BCUT2D eigenvalue weighted by atomic mass is 9.95. The van der Waals surface area contributed by atoms with Crippen LogP contribution in [0.2, 0.25) is 0 Å². The minimum atomic E-state index is -1.07. The predicted molar refractivity (Wildman–Crippen MR) is 148 cm³/mol. The number of ether oxygens (including phenoxy) is 1. The lowest BCUT2D eigenvalue weighted by Crippen LogP contribution is -2.42. The van der Waals surface area contributed by atoms with Gasteiger partial charge in [-0.1, -0.05) is 20.8 Å². The van der Waals surface area contributed by atoms with Gasteiger partial charge in [0.1, 0.15) is 22.3 Å². The molecule has 1 fully saturated rings. The Morgan fingerprint density at radius 3 is 2.29 bits per heavy atom. The van der Waals surface area contributed by atoms with E-state index in [0.717, 1.165) is 42.4 Å². The first-order valence-corrected chi connectivity index (χ1v) is 14.5. The number of amides is 2. The first-order valence-electron chi connectivity index (χ1n) is 13.6. The van der Waals surface area contributed by atoms with Crippen LogP contribution < -0.4 is 5.32 Å². The number of nitrogens with one attached hydrogen (secondary N) is 1. The molecule has 224 valence electrons. The van der Waals surface area contributed by atoms with Crippen LogP contribution in [0.3, 0.4) is 0 Å². The molecule has 1 aliphatic carbocycles. The second-order valence-electron chi connectivity index (χ2n) is 11.1. The second kappa shape index (κ2) is 14.0. The van der Waals surface area contributed by atoms with Gasteiger partial charge in [-0.15, -0.1) is 11.3 Å². The molecule has 41 heavy (non-hydrogen) atoms. The topological polar surface area (TPSA) is 126 Å². The number of rotatable bonds is 14. The normalized spacial score (nSPS) is 16.0. The number of carboxylic acids is 1. The van der Waals surface area contributed by atoms with Crippen molar-refractivity contribution in [2.24, 2.45) is 17.8 Å². The zero-order valence-corrected chi connectivity index (χ0v) is 24.7. The Balaban J connectivity index is 1.79. The van der Waals surface area contributed by atoms with Crippen LogP contribution in [0, 0.1) is 29.4 Å². The maximum absolute atomic E-state index is 13.8. The van der Waals surface area contributed by atoms with E-state index < -0.39 is 47.5 Å². The summed E-state index contributed by atoms with van der Waals surface area (Å²) in [5, 5.41) is 14.0. The molecule has 3 unspecified atom stereocenters. The van der Waals surface area contributed by atoms with Crippen LogP contribution in [0.4, 0.5) is 8.78 Å². The van der Waals surface area contributed by atoms with Crippen molar-refractivity contribution < 1.29 is 37.8 Å². The van der Waals surface area contributed by atoms with E-state index in [1.54, 1.807) is 11.9 Å². The molecule has 0 bridgehead atoms. The Bertz CT molecular complexity index is 1240. The number of halogens is 2. The Labute approximate surface area is 242 Å². The molecule has 2 aromatic rings. The highest BCUT2D eigenvalue weighted by molar-refractivity contribution is 7.09. The molecule has 0 saturated heterocycles. The number of benzene rings is 1. The maximum Gasteiger partial charge on any atom is 0.306 e. The first kappa shape index (κ1) is 32.1. The third kappa shape index (κ3) is 9.31. The largest absolute Gasteiger partial charge is 0.481 e. The number of thiazole rings is 1. The van der Waals surface area contributed by atoms with E-state index in [9.17, 15) is 33.1 Å². The molecule has 1 aliphatic rings. The van der Waals surface area contributed by atoms with Crippen molar-refractivity contribution in [3.8, 4) is 0 Å². The molecular weight excluding hydrogens is 556 g/mol. The molecule has 0 aliphatic heterocycles. The second-order valence-corrected chi connectivity index (χ2v) is 12.0. The highest BCUT2D eigenvalue weighted by Crippen LogP contribution is 2.35. The van der Waals surface area contributed by atoms with Crippen molar-refractivity contribution in [3.63, 3.8) is 0 Å². The van der Waals surface area contributed by atoms with Gasteiger partial charge < -0.3 is 20.1 Å². The molecule has 4 atom stereocenters. The number of nitrogens with zero attached hydrogens (tertiary/aromatic N) is 2. The summed E-state index contributed by atoms with van der Waals surface area (Å²) in [7, 11) is 1.75. The summed E-state index contributed by atoms with van der Waals surface area (Å²) in [6, 6.07) is 2.01. The van der Waals surface area contributed by atoms with Gasteiger partial charge >= 0.3 is 11.9 Å². The zero-order chi connectivity index (χ0) is 30.4. The number of aromatic nitrogens is 1. The number of hydrogen-bond acceptors (Lipinski definition) is 7. The van der Waals surface area contributed by atoms with Crippen molar-refractivity contribution in [1.29, 1.82) is 0 Å². The predicted octanol–water partition coefficient (Wildman–Crippen LogP) is 4.76. The average molecular weight is 594 g/mol. The number of aliphatic carboxylic acids is 1. The van der Waals surface area contributed by atoms with Gasteiger partial charge in [-0.2, -0.15) is 0 Å². The molecule has 2 amide bonds. The Morgan fingerprint density at radius 1 is 1.12 bits per heavy atom. The van der Waals surface area contributed by atoms with Crippen LogP contribution in [0.1, 0.15) is 80.5 Å². The number of carbonyl (C=O) groups is 4. The molecule has 2 N–H and O–H groups in total. The minimum absolute atomic E-state index is 0.00251. The van der Waals surface area contributed by atoms with Crippen molar-refractivity contribution in [2.45, 2.75) is 78.0 Å². The molecule has 3 rings (SSSR count). The van der Waals surface area contributed by atoms with E-state index >= 15 is 0 Å². The molecule has 12 heteroatoms. The van der Waals surface area contributed by atoms with Crippen molar-refractivity contribution in [2.75, 3.05) is 7.05 Å². The molecule has 1 aromatic heterocycles. The maximum atomic E-state index is 13.8. The molecule has 1 aromatic carbocycles. The Hall–Kier alpha value is -3.41. The highest BCUT2D eigenvalue weighted by atomic mass is 32.1. The summed E-state index contributed by atoms with van der Waals surface area (Å²) in [6.07, 6.45) is 1.26. The van der Waals surface area contributed by atoms with E-state index in [4.69, 9.17) is 4.74 Å². The minimum Gasteiger partial charge on any atom is -0.481 e. The van der Waals surface area contributed by atoms with Gasteiger partial charge in [-0.25, -0.2) is 13.8 Å². The average Bonchev–Trinajstić information content (AvgIpc) is 3.60. The van der Waals surface area contributed by atoms with E-state index in [2.05, 4.69) is 10.3 Å². The van der Waals surface area contributed by atoms with Crippen molar-refractivity contribution in [3.05, 3.63) is 51.5 Å². The molecular formula is C29H37F2N3O6S. The number of carboxylic acid groups (broad SMARTS) is 1. The number of hydrogen-bond donors (Lipinski definition) is 2. The van der Waals surface area contributed by atoms with Gasteiger partial charge in [0.15, 0.2) is 6.10 Å². The van der Waals surface area contributed by atoms with Crippen molar-refractivity contribution >= 4 is 35.1 Å². The monoisotopic (exact) mass is 593 g/mol. The summed E-state index contributed by atoms with van der Waals surface area (Å²) in [4.78, 5) is 55.5. The summed E-state index contributed by atoms with van der Waals surface area (Å²) in [5.41, 5.74) is 0.299. The summed E-state index contributed by atoms with van der Waals surface area (Å²) in [5.74, 6) is -4.43.